The minimum Gasteiger partial charge on any atom is -0.309 e. The predicted molar refractivity (Wildman–Crippen MR) is 162 cm³/mol. The average Bonchev–Trinajstić information content (AvgIpc) is 3.21. The molecule has 4 aromatic carbocycles. The summed E-state index contributed by atoms with van der Waals surface area (Å²) in [4.78, 5) is 0. The number of hydrogen-bond acceptors (Lipinski definition) is 0. The fraction of sp³-hybridized carbons (Fsp3) is 0.226. The van der Waals surface area contributed by atoms with Crippen molar-refractivity contribution in [3.05, 3.63) is 96.6 Å². The molecule has 5 aromatic rings. The van der Waals surface area contributed by atoms with E-state index in [1.165, 1.54) is 62.5 Å². The summed E-state index contributed by atoms with van der Waals surface area (Å²) in [5.41, 5.74) is 10.9. The summed E-state index contributed by atoms with van der Waals surface area (Å²) in [5.74, 6) is 0. The molecule has 0 fully saturated rings. The van der Waals surface area contributed by atoms with Crippen molar-refractivity contribution in [3.63, 3.8) is 0 Å². The van der Waals surface area contributed by atoms with E-state index in [0.29, 0.717) is 0 Å². The number of fused-ring (bicyclic) bond motifs is 6. The van der Waals surface area contributed by atoms with Crippen LogP contribution in [0.25, 0.3) is 38.6 Å². The molecule has 1 aliphatic carbocycles. The van der Waals surface area contributed by atoms with Gasteiger partial charge in [-0.1, -0.05) is 52.8 Å². The Morgan fingerprint density at radius 3 is 1.97 bits per heavy atom. The molecule has 170 valence electrons. The minimum absolute atomic E-state index is 0.0220. The number of halogens is 2. The van der Waals surface area contributed by atoms with E-state index in [4.69, 9.17) is 0 Å². The highest BCUT2D eigenvalue weighted by Crippen LogP contribution is 2.51. The Hall–Kier alpha value is -1.86. The Bertz CT molecular complexity index is 1610. The highest BCUT2D eigenvalue weighted by atomic mass is 127. The van der Waals surface area contributed by atoms with Crippen molar-refractivity contribution in [1.29, 1.82) is 0 Å². The fourth-order valence-electron chi connectivity index (χ4n) is 5.58. The molecule has 0 radical (unpaired) electrons. The van der Waals surface area contributed by atoms with Crippen LogP contribution in [0, 0.1) is 7.14 Å². The highest BCUT2D eigenvalue weighted by Gasteiger charge is 2.36. The third-order valence-corrected chi connectivity index (χ3v) is 8.82. The molecule has 0 unspecified atom stereocenters. The van der Waals surface area contributed by atoms with Gasteiger partial charge in [0.2, 0.25) is 0 Å². The lowest BCUT2D eigenvalue weighted by Gasteiger charge is -2.22. The summed E-state index contributed by atoms with van der Waals surface area (Å²) in [5, 5.41) is 2.65. The average molecular weight is 667 g/mol. The van der Waals surface area contributed by atoms with Gasteiger partial charge < -0.3 is 4.57 Å². The molecule has 0 aliphatic heterocycles. The standard InChI is InChI=1S/C31H27I2N/c1-30(2,3)18-6-10-21(11-7-18)34-28-13-9-19(32)14-24(28)25-16-23-22-12-8-20(33)15-26(22)31(4,5)27(23)17-29(25)34/h6-17H,1-5H3. The van der Waals surface area contributed by atoms with Crippen molar-refractivity contribution < 1.29 is 0 Å². The Kier molecular flexibility index (Phi) is 5.03. The highest BCUT2D eigenvalue weighted by molar-refractivity contribution is 14.1. The summed E-state index contributed by atoms with van der Waals surface area (Å²) in [6, 6.07) is 27.8. The second kappa shape index (κ2) is 7.57. The van der Waals surface area contributed by atoms with Gasteiger partial charge in [0, 0.05) is 29.0 Å². The van der Waals surface area contributed by atoms with Gasteiger partial charge in [-0.2, -0.15) is 0 Å². The lowest BCUT2D eigenvalue weighted by Crippen LogP contribution is -2.15. The van der Waals surface area contributed by atoms with Crippen molar-refractivity contribution in [1.82, 2.24) is 4.57 Å². The normalized spacial score (nSPS) is 14.6. The van der Waals surface area contributed by atoms with Crippen molar-refractivity contribution >= 4 is 67.0 Å². The summed E-state index contributed by atoms with van der Waals surface area (Å²) < 4.78 is 5.02. The van der Waals surface area contributed by atoms with Crippen LogP contribution in [0.5, 0.6) is 0 Å². The van der Waals surface area contributed by atoms with E-state index in [0.717, 1.165) is 0 Å². The van der Waals surface area contributed by atoms with Gasteiger partial charge in [0.15, 0.2) is 0 Å². The number of rotatable bonds is 1. The molecule has 1 nitrogen and oxygen atoms in total. The molecule has 6 rings (SSSR count). The van der Waals surface area contributed by atoms with Crippen LogP contribution < -0.4 is 0 Å². The third kappa shape index (κ3) is 3.29. The van der Waals surface area contributed by atoms with Crippen LogP contribution in [0.1, 0.15) is 51.3 Å². The van der Waals surface area contributed by atoms with Gasteiger partial charge in [-0.3, -0.25) is 0 Å². The Morgan fingerprint density at radius 2 is 1.26 bits per heavy atom. The Balaban J connectivity index is 1.69. The van der Waals surface area contributed by atoms with Crippen molar-refractivity contribution in [2.75, 3.05) is 0 Å². The maximum absolute atomic E-state index is 2.46. The van der Waals surface area contributed by atoms with Gasteiger partial charge in [-0.05, 0) is 133 Å². The first-order chi connectivity index (χ1) is 16.1. The predicted octanol–water partition coefficient (Wildman–Crippen LogP) is 9.60. The van der Waals surface area contributed by atoms with Gasteiger partial charge in [0.05, 0.1) is 11.0 Å². The molecule has 0 amide bonds. The van der Waals surface area contributed by atoms with E-state index in [9.17, 15) is 0 Å². The fourth-order valence-corrected chi connectivity index (χ4v) is 6.56. The lowest BCUT2D eigenvalue weighted by molar-refractivity contribution is 0.590. The SMILES string of the molecule is CC(C)(C)c1ccc(-n2c3ccc(I)cc3c3cc4c(cc32)C(C)(C)c2cc(I)ccc2-4)cc1. The molecule has 0 saturated carbocycles. The van der Waals surface area contributed by atoms with Crippen LogP contribution in [0.2, 0.25) is 0 Å². The molecule has 34 heavy (non-hydrogen) atoms. The maximum Gasteiger partial charge on any atom is 0.0544 e. The molecule has 0 spiro atoms. The molecule has 0 N–H and O–H groups in total. The number of nitrogens with zero attached hydrogens (tertiary/aromatic N) is 1. The van der Waals surface area contributed by atoms with Crippen molar-refractivity contribution in [3.8, 4) is 16.8 Å². The smallest absolute Gasteiger partial charge is 0.0544 e. The largest absolute Gasteiger partial charge is 0.309 e. The Labute approximate surface area is 228 Å². The van der Waals surface area contributed by atoms with E-state index < -0.39 is 0 Å². The molecule has 1 heterocycles. The second-order valence-corrected chi connectivity index (χ2v) is 13.5. The van der Waals surface area contributed by atoms with Gasteiger partial charge in [0.1, 0.15) is 0 Å². The maximum atomic E-state index is 2.46. The quantitative estimate of drug-likeness (QED) is 0.157. The summed E-state index contributed by atoms with van der Waals surface area (Å²) in [6.07, 6.45) is 0. The van der Waals surface area contributed by atoms with E-state index in [2.05, 4.69) is 157 Å². The zero-order valence-electron chi connectivity index (χ0n) is 20.1. The number of hydrogen-bond donors (Lipinski definition) is 0. The zero-order valence-corrected chi connectivity index (χ0v) is 24.4. The summed E-state index contributed by atoms with van der Waals surface area (Å²) >= 11 is 4.87. The van der Waals surface area contributed by atoms with Gasteiger partial charge in [-0.25, -0.2) is 0 Å². The monoisotopic (exact) mass is 667 g/mol. The van der Waals surface area contributed by atoms with Crippen LogP contribution in [0.3, 0.4) is 0 Å². The van der Waals surface area contributed by atoms with Crippen molar-refractivity contribution in [2.45, 2.75) is 45.4 Å². The van der Waals surface area contributed by atoms with Crippen LogP contribution in [0.4, 0.5) is 0 Å². The first-order valence-corrected chi connectivity index (χ1v) is 13.9. The summed E-state index contributed by atoms with van der Waals surface area (Å²) in [6.45, 7) is 11.6. The molecule has 0 atom stereocenters. The summed E-state index contributed by atoms with van der Waals surface area (Å²) in [7, 11) is 0. The van der Waals surface area contributed by atoms with Gasteiger partial charge >= 0.3 is 0 Å². The molecular formula is C31H27I2N. The third-order valence-electron chi connectivity index (χ3n) is 7.48. The first kappa shape index (κ1) is 22.6. The van der Waals surface area contributed by atoms with Gasteiger partial charge in [-0.15, -0.1) is 0 Å². The van der Waals surface area contributed by atoms with E-state index in [1.54, 1.807) is 0 Å². The topological polar surface area (TPSA) is 4.93 Å². The molecule has 1 aromatic heterocycles. The van der Waals surface area contributed by atoms with Gasteiger partial charge in [0.25, 0.3) is 0 Å². The molecule has 0 saturated heterocycles. The Morgan fingerprint density at radius 1 is 0.647 bits per heavy atom. The lowest BCUT2D eigenvalue weighted by atomic mass is 9.82. The molecule has 3 heteroatoms. The van der Waals surface area contributed by atoms with Crippen LogP contribution in [0.15, 0.2) is 72.8 Å². The number of benzene rings is 4. The van der Waals surface area contributed by atoms with E-state index in [1.807, 2.05) is 0 Å². The van der Waals surface area contributed by atoms with Crippen molar-refractivity contribution in [2.24, 2.45) is 0 Å². The van der Waals surface area contributed by atoms with E-state index in [-0.39, 0.29) is 10.8 Å². The van der Waals surface area contributed by atoms with Crippen LogP contribution in [-0.2, 0) is 10.8 Å². The second-order valence-electron chi connectivity index (χ2n) is 11.0. The number of aromatic nitrogens is 1. The molecule has 0 bridgehead atoms. The minimum atomic E-state index is -0.0220. The van der Waals surface area contributed by atoms with Crippen LogP contribution >= 0.6 is 45.2 Å². The zero-order chi connectivity index (χ0) is 24.0. The first-order valence-electron chi connectivity index (χ1n) is 11.8. The van der Waals surface area contributed by atoms with E-state index >= 15 is 0 Å². The molecular weight excluding hydrogens is 640 g/mol. The molecule has 1 aliphatic rings. The van der Waals surface area contributed by atoms with Crippen LogP contribution in [-0.4, -0.2) is 4.57 Å².